The fraction of sp³-hybridized carbons (Fsp3) is 0.846. The van der Waals surface area contributed by atoms with Crippen molar-refractivity contribution in [3.8, 4) is 0 Å². The molecule has 0 amide bonds. The molecule has 0 aliphatic heterocycles. The standard InChI is InChI=1S/C26H46O3/c1-4-5-6-7-8-9-10-11-12-13-14-15-16-17-18-19-25(28)29-24-20-23(27)21-26(2,3)22-24/h20H,4-19,21-22H2,1-3H3. The van der Waals surface area contributed by atoms with Crippen molar-refractivity contribution in [3.63, 3.8) is 0 Å². The van der Waals surface area contributed by atoms with E-state index in [2.05, 4.69) is 6.92 Å². The van der Waals surface area contributed by atoms with Gasteiger partial charge in [-0.2, -0.15) is 0 Å². The summed E-state index contributed by atoms with van der Waals surface area (Å²) in [6.45, 7) is 6.36. The van der Waals surface area contributed by atoms with Gasteiger partial charge in [0.15, 0.2) is 5.78 Å². The van der Waals surface area contributed by atoms with Crippen molar-refractivity contribution in [1.29, 1.82) is 0 Å². The second kappa shape index (κ2) is 15.7. The molecule has 0 atom stereocenters. The molecule has 0 bridgehead atoms. The van der Waals surface area contributed by atoms with Crippen LogP contribution >= 0.6 is 0 Å². The van der Waals surface area contributed by atoms with Crippen LogP contribution < -0.4 is 0 Å². The van der Waals surface area contributed by atoms with Crippen molar-refractivity contribution in [2.75, 3.05) is 0 Å². The highest BCUT2D eigenvalue weighted by molar-refractivity contribution is 5.92. The summed E-state index contributed by atoms with van der Waals surface area (Å²) in [7, 11) is 0. The van der Waals surface area contributed by atoms with Gasteiger partial charge in [0.1, 0.15) is 5.76 Å². The predicted molar refractivity (Wildman–Crippen MR) is 122 cm³/mol. The van der Waals surface area contributed by atoms with Gasteiger partial charge in [0.05, 0.1) is 0 Å². The average molecular weight is 407 g/mol. The van der Waals surface area contributed by atoms with Crippen molar-refractivity contribution in [2.45, 2.75) is 136 Å². The van der Waals surface area contributed by atoms with E-state index in [0.717, 1.165) is 12.8 Å². The summed E-state index contributed by atoms with van der Waals surface area (Å²) >= 11 is 0. The van der Waals surface area contributed by atoms with Crippen LogP contribution in [0.25, 0.3) is 0 Å². The normalized spacial score (nSPS) is 16.0. The molecule has 3 nitrogen and oxygen atoms in total. The molecule has 1 rings (SSSR count). The number of ether oxygens (including phenoxy) is 1. The molecule has 0 unspecified atom stereocenters. The average Bonchev–Trinajstić information content (AvgIpc) is 2.63. The lowest BCUT2D eigenvalue weighted by molar-refractivity contribution is -0.140. The van der Waals surface area contributed by atoms with Crippen LogP contribution in [0, 0.1) is 5.41 Å². The van der Waals surface area contributed by atoms with Gasteiger partial charge in [-0.05, 0) is 11.8 Å². The molecule has 0 aromatic heterocycles. The van der Waals surface area contributed by atoms with Crippen molar-refractivity contribution >= 4 is 11.8 Å². The van der Waals surface area contributed by atoms with Gasteiger partial charge in [0.2, 0.25) is 0 Å². The third-order valence-electron chi connectivity index (χ3n) is 5.86. The summed E-state index contributed by atoms with van der Waals surface area (Å²) < 4.78 is 5.42. The molecule has 0 aromatic carbocycles. The van der Waals surface area contributed by atoms with Gasteiger partial charge in [-0.1, -0.05) is 111 Å². The molecule has 0 saturated heterocycles. The Hall–Kier alpha value is -1.12. The predicted octanol–water partition coefficient (Wildman–Crippen LogP) is 8.06. The lowest BCUT2D eigenvalue weighted by Gasteiger charge is -2.27. The van der Waals surface area contributed by atoms with Crippen molar-refractivity contribution < 1.29 is 14.3 Å². The molecule has 0 aromatic rings. The summed E-state index contributed by atoms with van der Waals surface area (Å²) in [4.78, 5) is 23.7. The zero-order valence-corrected chi connectivity index (χ0v) is 19.5. The van der Waals surface area contributed by atoms with Gasteiger partial charge in [0.25, 0.3) is 0 Å². The first-order chi connectivity index (χ1) is 13.9. The number of carbonyl (C=O) groups is 2. The van der Waals surface area contributed by atoms with E-state index in [-0.39, 0.29) is 17.2 Å². The lowest BCUT2D eigenvalue weighted by Crippen LogP contribution is -2.23. The van der Waals surface area contributed by atoms with Crippen molar-refractivity contribution in [1.82, 2.24) is 0 Å². The minimum absolute atomic E-state index is 0.0658. The molecule has 0 heterocycles. The second-order valence-corrected chi connectivity index (χ2v) is 9.77. The number of allylic oxidation sites excluding steroid dienone is 2. The molecule has 0 spiro atoms. The van der Waals surface area contributed by atoms with Crippen LogP contribution in [0.1, 0.15) is 136 Å². The molecular weight excluding hydrogens is 360 g/mol. The van der Waals surface area contributed by atoms with Crippen LogP contribution in [0.5, 0.6) is 0 Å². The Balaban J connectivity index is 1.88. The number of esters is 1. The lowest BCUT2D eigenvalue weighted by atomic mass is 9.79. The van der Waals surface area contributed by atoms with E-state index in [4.69, 9.17) is 4.74 Å². The van der Waals surface area contributed by atoms with Crippen LogP contribution in [0.15, 0.2) is 11.8 Å². The number of unbranched alkanes of at least 4 members (excludes halogenated alkanes) is 14. The molecule has 0 saturated carbocycles. The number of carbonyl (C=O) groups excluding carboxylic acids is 2. The quantitative estimate of drug-likeness (QED) is 0.181. The Kier molecular flexibility index (Phi) is 14.0. The SMILES string of the molecule is CCCCCCCCCCCCCCCCCC(=O)OC1=CC(=O)CC(C)(C)C1. The highest BCUT2D eigenvalue weighted by atomic mass is 16.5. The highest BCUT2D eigenvalue weighted by Crippen LogP contribution is 2.34. The molecule has 1 aliphatic carbocycles. The highest BCUT2D eigenvalue weighted by Gasteiger charge is 2.29. The minimum atomic E-state index is -0.184. The number of rotatable bonds is 17. The van der Waals surface area contributed by atoms with E-state index in [1.807, 2.05) is 13.8 Å². The Morgan fingerprint density at radius 3 is 1.69 bits per heavy atom. The zero-order chi connectivity index (χ0) is 21.4. The Bertz CT molecular complexity index is 490. The third-order valence-corrected chi connectivity index (χ3v) is 5.86. The van der Waals surface area contributed by atoms with Gasteiger partial charge >= 0.3 is 5.97 Å². The maximum atomic E-state index is 12.0. The summed E-state index contributed by atoms with van der Waals surface area (Å²) in [6, 6.07) is 0. The van der Waals surface area contributed by atoms with Crippen molar-refractivity contribution in [2.24, 2.45) is 5.41 Å². The molecule has 0 fully saturated rings. The van der Waals surface area contributed by atoms with Crippen LogP contribution in [-0.2, 0) is 14.3 Å². The van der Waals surface area contributed by atoms with Gasteiger partial charge < -0.3 is 4.74 Å². The molecule has 168 valence electrons. The Morgan fingerprint density at radius 2 is 1.24 bits per heavy atom. The van der Waals surface area contributed by atoms with E-state index in [1.165, 1.54) is 89.5 Å². The summed E-state index contributed by atoms with van der Waals surface area (Å²) in [5, 5.41) is 0. The molecule has 29 heavy (non-hydrogen) atoms. The van der Waals surface area contributed by atoms with E-state index < -0.39 is 0 Å². The molecule has 0 radical (unpaired) electrons. The maximum Gasteiger partial charge on any atom is 0.310 e. The molecular formula is C26H46O3. The van der Waals surface area contributed by atoms with Crippen LogP contribution in [0.3, 0.4) is 0 Å². The van der Waals surface area contributed by atoms with Crippen LogP contribution in [-0.4, -0.2) is 11.8 Å². The van der Waals surface area contributed by atoms with Crippen molar-refractivity contribution in [3.05, 3.63) is 11.8 Å². The largest absolute Gasteiger partial charge is 0.431 e. The monoisotopic (exact) mass is 406 g/mol. The van der Waals surface area contributed by atoms with Crippen LogP contribution in [0.4, 0.5) is 0 Å². The zero-order valence-electron chi connectivity index (χ0n) is 19.5. The molecule has 3 heteroatoms. The first-order valence-corrected chi connectivity index (χ1v) is 12.4. The van der Waals surface area contributed by atoms with Crippen LogP contribution in [0.2, 0.25) is 0 Å². The topological polar surface area (TPSA) is 43.4 Å². The van der Waals surface area contributed by atoms with E-state index in [0.29, 0.717) is 25.0 Å². The summed E-state index contributed by atoms with van der Waals surface area (Å²) in [5.74, 6) is 0.435. The Morgan fingerprint density at radius 1 is 0.793 bits per heavy atom. The van der Waals surface area contributed by atoms with E-state index in [9.17, 15) is 9.59 Å². The fourth-order valence-corrected chi connectivity index (χ4v) is 4.19. The third kappa shape index (κ3) is 14.5. The minimum Gasteiger partial charge on any atom is -0.431 e. The first-order valence-electron chi connectivity index (χ1n) is 12.4. The van der Waals surface area contributed by atoms with Gasteiger partial charge in [-0.25, -0.2) is 0 Å². The molecule has 1 aliphatic rings. The summed E-state index contributed by atoms with van der Waals surface area (Å²) in [5.41, 5.74) is -0.101. The number of hydrogen-bond acceptors (Lipinski definition) is 3. The van der Waals surface area contributed by atoms with Gasteiger partial charge in [-0.3, -0.25) is 9.59 Å². The van der Waals surface area contributed by atoms with Gasteiger partial charge in [-0.15, -0.1) is 0 Å². The molecule has 0 N–H and O–H groups in total. The smallest absolute Gasteiger partial charge is 0.310 e. The second-order valence-electron chi connectivity index (χ2n) is 9.77. The Labute approximate surface area is 180 Å². The fourth-order valence-electron chi connectivity index (χ4n) is 4.19. The number of hydrogen-bond donors (Lipinski definition) is 0. The van der Waals surface area contributed by atoms with E-state index >= 15 is 0 Å². The summed E-state index contributed by atoms with van der Waals surface area (Å²) in [6.07, 6.45) is 22.9. The van der Waals surface area contributed by atoms with E-state index in [1.54, 1.807) is 0 Å². The van der Waals surface area contributed by atoms with Gasteiger partial charge in [0, 0.05) is 25.3 Å². The number of ketones is 1. The first kappa shape index (κ1) is 25.9. The maximum absolute atomic E-state index is 12.0.